The molecule has 7 heteroatoms. The number of hydrogen-bond donors (Lipinski definition) is 1. The molecule has 2 aliphatic rings. The van der Waals surface area contributed by atoms with E-state index in [1.165, 1.54) is 0 Å². The van der Waals surface area contributed by atoms with Crippen molar-refractivity contribution < 1.29 is 14.3 Å². The van der Waals surface area contributed by atoms with Gasteiger partial charge in [0.2, 0.25) is 0 Å². The van der Waals surface area contributed by atoms with E-state index in [1.807, 2.05) is 30.0 Å². The highest BCUT2D eigenvalue weighted by Gasteiger charge is 2.30. The van der Waals surface area contributed by atoms with Crippen molar-refractivity contribution in [2.45, 2.75) is 19.3 Å². The molecule has 1 unspecified atom stereocenters. The minimum atomic E-state index is 0.00934. The van der Waals surface area contributed by atoms with Crippen molar-refractivity contribution in [3.63, 3.8) is 0 Å². The number of nitrogen functional groups attached to an aromatic ring is 1. The molecule has 7 nitrogen and oxygen atoms in total. The molecule has 0 spiro atoms. The summed E-state index contributed by atoms with van der Waals surface area (Å²) in [6.07, 6.45) is 2.66. The Morgan fingerprint density at radius 2 is 1.90 bits per heavy atom. The quantitative estimate of drug-likeness (QED) is 0.703. The molecule has 31 heavy (non-hydrogen) atoms. The summed E-state index contributed by atoms with van der Waals surface area (Å²) >= 11 is 0. The van der Waals surface area contributed by atoms with Crippen LogP contribution in [0.4, 0.5) is 5.82 Å². The number of fused-ring (bicyclic) bond motifs is 1. The molecule has 2 aliphatic heterocycles. The van der Waals surface area contributed by atoms with Gasteiger partial charge in [-0.2, -0.15) is 0 Å². The minimum Gasteiger partial charge on any atom is -0.486 e. The van der Waals surface area contributed by atoms with E-state index in [0.29, 0.717) is 49.2 Å². The van der Waals surface area contributed by atoms with E-state index in [0.717, 1.165) is 28.9 Å². The number of benzene rings is 1. The van der Waals surface area contributed by atoms with Crippen molar-refractivity contribution >= 4 is 11.7 Å². The first kappa shape index (κ1) is 19.4. The van der Waals surface area contributed by atoms with Gasteiger partial charge >= 0.3 is 0 Å². The van der Waals surface area contributed by atoms with E-state index in [4.69, 9.17) is 20.2 Å². The summed E-state index contributed by atoms with van der Waals surface area (Å²) in [4.78, 5) is 23.9. The molecule has 0 bridgehead atoms. The van der Waals surface area contributed by atoms with E-state index >= 15 is 0 Å². The number of nitrogens with two attached hydrogens (primary N) is 1. The van der Waals surface area contributed by atoms with Crippen LogP contribution in [0.25, 0.3) is 11.1 Å². The second-order valence-electron chi connectivity index (χ2n) is 7.99. The first-order valence-electron chi connectivity index (χ1n) is 10.5. The van der Waals surface area contributed by atoms with Gasteiger partial charge in [0.1, 0.15) is 19.0 Å². The maximum atomic E-state index is 13.1. The number of carbonyl (C=O) groups is 1. The number of ether oxygens (including phenoxy) is 2. The van der Waals surface area contributed by atoms with Crippen molar-refractivity contribution in [3.8, 4) is 22.6 Å². The lowest BCUT2D eigenvalue weighted by Crippen LogP contribution is -2.28. The number of carbonyl (C=O) groups excluding carboxylic acids is 1. The zero-order chi connectivity index (χ0) is 21.4. The number of nitrogens with zero attached hydrogens (tertiary/aromatic N) is 3. The minimum absolute atomic E-state index is 0.00934. The fourth-order valence-electron chi connectivity index (χ4n) is 4.19. The highest BCUT2D eigenvalue weighted by atomic mass is 16.6. The Bertz CT molecular complexity index is 1130. The Kier molecular flexibility index (Phi) is 4.94. The molecule has 1 saturated heterocycles. The van der Waals surface area contributed by atoms with E-state index in [1.54, 1.807) is 24.4 Å². The second kappa shape index (κ2) is 7.91. The normalized spacial score (nSPS) is 17.6. The van der Waals surface area contributed by atoms with Gasteiger partial charge in [-0.25, -0.2) is 4.98 Å². The van der Waals surface area contributed by atoms with Crippen molar-refractivity contribution in [2.24, 2.45) is 0 Å². The topological polar surface area (TPSA) is 90.6 Å². The Morgan fingerprint density at radius 3 is 2.71 bits per heavy atom. The van der Waals surface area contributed by atoms with Crippen molar-refractivity contribution in [1.29, 1.82) is 0 Å². The van der Waals surface area contributed by atoms with Crippen LogP contribution < -0.4 is 15.2 Å². The van der Waals surface area contributed by atoms with Crippen LogP contribution >= 0.6 is 0 Å². The number of anilines is 1. The maximum Gasteiger partial charge on any atom is 0.254 e. The largest absolute Gasteiger partial charge is 0.486 e. The summed E-state index contributed by atoms with van der Waals surface area (Å²) < 4.78 is 11.2. The number of likely N-dealkylation sites (tertiary alicyclic amines) is 1. The van der Waals surface area contributed by atoms with E-state index in [2.05, 4.69) is 11.1 Å². The molecule has 1 atom stereocenters. The summed E-state index contributed by atoms with van der Waals surface area (Å²) in [5.74, 6) is 2.03. The van der Waals surface area contributed by atoms with Crippen LogP contribution in [0.2, 0.25) is 0 Å². The van der Waals surface area contributed by atoms with E-state index in [-0.39, 0.29) is 11.8 Å². The lowest BCUT2D eigenvalue weighted by atomic mass is 9.99. The van der Waals surface area contributed by atoms with Crippen molar-refractivity contribution in [2.75, 3.05) is 32.0 Å². The lowest BCUT2D eigenvalue weighted by Gasteiger charge is -2.21. The molecule has 1 amide bonds. The maximum absolute atomic E-state index is 13.1. The van der Waals surface area contributed by atoms with Crippen LogP contribution in [0.15, 0.2) is 48.7 Å². The van der Waals surface area contributed by atoms with E-state index < -0.39 is 0 Å². The summed E-state index contributed by atoms with van der Waals surface area (Å²) in [5, 5.41) is 0. The second-order valence-corrected chi connectivity index (χ2v) is 7.99. The van der Waals surface area contributed by atoms with Crippen LogP contribution in [0.5, 0.6) is 11.5 Å². The van der Waals surface area contributed by atoms with Crippen LogP contribution in [0.3, 0.4) is 0 Å². The molecule has 4 heterocycles. The molecule has 1 fully saturated rings. The molecule has 1 aromatic carbocycles. The Hall–Kier alpha value is -3.61. The molecule has 5 rings (SSSR count). The van der Waals surface area contributed by atoms with E-state index in [9.17, 15) is 4.79 Å². The Balaban J connectivity index is 1.34. The molecule has 3 aromatic rings. The molecule has 2 N–H and O–H groups in total. The Morgan fingerprint density at radius 1 is 1.06 bits per heavy atom. The standard InChI is InChI=1S/C24H24N4O3/c1-15-10-19(17-3-5-23(25)26-13-17)11-20(27-15)18-6-7-28(14-18)24(29)16-2-4-21-22(12-16)31-9-8-30-21/h2-5,10-13,18H,6-9,14H2,1H3,(H2,25,26). The van der Waals surface area contributed by atoms with Gasteiger partial charge in [-0.3, -0.25) is 9.78 Å². The average Bonchev–Trinajstić information content (AvgIpc) is 3.29. The number of rotatable bonds is 3. The third-order valence-electron chi connectivity index (χ3n) is 5.78. The van der Waals surface area contributed by atoms with Gasteiger partial charge in [-0.15, -0.1) is 0 Å². The SMILES string of the molecule is Cc1cc(-c2ccc(N)nc2)cc(C2CCN(C(=O)c3ccc4c(c3)OCCO4)C2)n1. The molecule has 0 radical (unpaired) electrons. The monoisotopic (exact) mass is 416 g/mol. The molecule has 2 aromatic heterocycles. The zero-order valence-corrected chi connectivity index (χ0v) is 17.4. The first-order chi connectivity index (χ1) is 15.1. The summed E-state index contributed by atoms with van der Waals surface area (Å²) in [6, 6.07) is 13.3. The summed E-state index contributed by atoms with van der Waals surface area (Å²) in [6.45, 7) is 4.37. The van der Waals surface area contributed by atoms with Gasteiger partial charge in [0, 0.05) is 47.7 Å². The predicted octanol–water partition coefficient (Wildman–Crippen LogP) is 3.44. The predicted molar refractivity (Wildman–Crippen MR) is 117 cm³/mol. The molecule has 0 saturated carbocycles. The molecule has 158 valence electrons. The molecule has 0 aliphatic carbocycles. The fraction of sp³-hybridized carbons (Fsp3) is 0.292. The number of amides is 1. The van der Waals surface area contributed by atoms with Gasteiger partial charge < -0.3 is 20.1 Å². The van der Waals surface area contributed by atoms with Crippen LogP contribution in [-0.2, 0) is 0 Å². The van der Waals surface area contributed by atoms with Crippen LogP contribution in [0, 0.1) is 6.92 Å². The third kappa shape index (κ3) is 3.91. The van der Waals surface area contributed by atoms with Crippen molar-refractivity contribution in [1.82, 2.24) is 14.9 Å². The van der Waals surface area contributed by atoms with Gasteiger partial charge in [-0.05, 0) is 61.4 Å². The highest BCUT2D eigenvalue weighted by Crippen LogP contribution is 2.33. The molecular formula is C24H24N4O3. The van der Waals surface area contributed by atoms with Crippen molar-refractivity contribution in [3.05, 3.63) is 65.6 Å². The lowest BCUT2D eigenvalue weighted by molar-refractivity contribution is 0.0789. The number of aryl methyl sites for hydroxylation is 1. The van der Waals surface area contributed by atoms with Gasteiger partial charge in [-0.1, -0.05) is 0 Å². The number of pyridine rings is 2. The number of aromatic nitrogens is 2. The first-order valence-corrected chi connectivity index (χ1v) is 10.5. The zero-order valence-electron chi connectivity index (χ0n) is 17.4. The molecular weight excluding hydrogens is 392 g/mol. The van der Waals surface area contributed by atoms with Crippen LogP contribution in [-0.4, -0.2) is 47.1 Å². The highest BCUT2D eigenvalue weighted by molar-refractivity contribution is 5.95. The van der Waals surface area contributed by atoms with Gasteiger partial charge in [0.25, 0.3) is 5.91 Å². The smallest absolute Gasteiger partial charge is 0.254 e. The summed E-state index contributed by atoms with van der Waals surface area (Å²) in [5.41, 5.74) is 10.4. The average molecular weight is 416 g/mol. The Labute approximate surface area is 180 Å². The van der Waals surface area contributed by atoms with Crippen LogP contribution in [0.1, 0.15) is 34.1 Å². The van der Waals surface area contributed by atoms with Gasteiger partial charge in [0.15, 0.2) is 11.5 Å². The number of hydrogen-bond acceptors (Lipinski definition) is 6. The van der Waals surface area contributed by atoms with Gasteiger partial charge in [0.05, 0.1) is 0 Å². The fourth-order valence-corrected chi connectivity index (χ4v) is 4.19. The summed E-state index contributed by atoms with van der Waals surface area (Å²) in [7, 11) is 0. The third-order valence-corrected chi connectivity index (χ3v) is 5.78.